The summed E-state index contributed by atoms with van der Waals surface area (Å²) in [6.07, 6.45) is 0. The predicted octanol–water partition coefficient (Wildman–Crippen LogP) is 4.11. The maximum absolute atomic E-state index is 12.4. The molecule has 0 spiro atoms. The SMILES string of the molecule is Cc1ccc(Br)c(NC(=O)c2cc(N)nc(C(C)C)c2)c1. The molecule has 0 bridgehead atoms. The standard InChI is InChI=1S/C16H18BrN3O/c1-9(2)13-7-11(8-15(18)19-13)16(21)20-14-6-10(3)4-5-12(14)17/h4-9H,1-3H3,(H2,18,19)(H,20,21). The Morgan fingerprint density at radius 3 is 2.67 bits per heavy atom. The monoisotopic (exact) mass is 347 g/mol. The number of carbonyl (C=O) groups is 1. The normalized spacial score (nSPS) is 10.7. The van der Waals surface area contributed by atoms with Gasteiger partial charge in [0.25, 0.3) is 5.91 Å². The first-order valence-corrected chi connectivity index (χ1v) is 7.51. The topological polar surface area (TPSA) is 68.0 Å². The minimum atomic E-state index is -0.197. The lowest BCUT2D eigenvalue weighted by Gasteiger charge is -2.11. The van der Waals surface area contributed by atoms with Crippen LogP contribution in [0.3, 0.4) is 0 Å². The van der Waals surface area contributed by atoms with Crippen LogP contribution in [-0.4, -0.2) is 10.9 Å². The molecule has 21 heavy (non-hydrogen) atoms. The van der Waals surface area contributed by atoms with Gasteiger partial charge in [-0.25, -0.2) is 4.98 Å². The van der Waals surface area contributed by atoms with E-state index in [-0.39, 0.29) is 11.8 Å². The van der Waals surface area contributed by atoms with E-state index in [1.165, 1.54) is 0 Å². The number of halogens is 1. The van der Waals surface area contributed by atoms with Crippen LogP contribution in [0.2, 0.25) is 0 Å². The fourth-order valence-electron chi connectivity index (χ4n) is 1.93. The Morgan fingerprint density at radius 1 is 1.29 bits per heavy atom. The van der Waals surface area contributed by atoms with Crippen LogP contribution in [0, 0.1) is 6.92 Å². The van der Waals surface area contributed by atoms with Gasteiger partial charge in [-0.3, -0.25) is 4.79 Å². The maximum atomic E-state index is 12.4. The average molecular weight is 348 g/mol. The van der Waals surface area contributed by atoms with Crippen molar-refractivity contribution in [1.29, 1.82) is 0 Å². The minimum absolute atomic E-state index is 0.197. The largest absolute Gasteiger partial charge is 0.384 e. The second-order valence-electron chi connectivity index (χ2n) is 5.30. The van der Waals surface area contributed by atoms with E-state index in [1.54, 1.807) is 12.1 Å². The number of nitrogens with one attached hydrogen (secondary N) is 1. The van der Waals surface area contributed by atoms with Crippen molar-refractivity contribution in [3.05, 3.63) is 51.6 Å². The highest BCUT2D eigenvalue weighted by Crippen LogP contribution is 2.24. The lowest BCUT2D eigenvalue weighted by molar-refractivity contribution is 0.102. The van der Waals surface area contributed by atoms with Crippen molar-refractivity contribution in [1.82, 2.24) is 4.98 Å². The van der Waals surface area contributed by atoms with Crippen LogP contribution in [0.1, 0.15) is 41.4 Å². The second kappa shape index (κ2) is 6.26. The molecule has 0 saturated carbocycles. The summed E-state index contributed by atoms with van der Waals surface area (Å²) in [5.41, 5.74) is 8.92. The van der Waals surface area contributed by atoms with E-state index in [1.807, 2.05) is 39.0 Å². The van der Waals surface area contributed by atoms with Gasteiger partial charge in [0.15, 0.2) is 0 Å². The van der Waals surface area contributed by atoms with Crippen LogP contribution in [0.4, 0.5) is 11.5 Å². The van der Waals surface area contributed by atoms with Crippen LogP contribution in [0.25, 0.3) is 0 Å². The number of nitrogens with two attached hydrogens (primary N) is 1. The highest BCUT2D eigenvalue weighted by molar-refractivity contribution is 9.10. The smallest absolute Gasteiger partial charge is 0.255 e. The van der Waals surface area contributed by atoms with Crippen molar-refractivity contribution >= 4 is 33.3 Å². The summed E-state index contributed by atoms with van der Waals surface area (Å²) >= 11 is 3.43. The molecule has 2 aromatic rings. The van der Waals surface area contributed by atoms with Crippen LogP contribution in [0.15, 0.2) is 34.8 Å². The number of hydrogen-bond donors (Lipinski definition) is 2. The Kier molecular flexibility index (Phi) is 4.63. The van der Waals surface area contributed by atoms with Gasteiger partial charge in [0, 0.05) is 15.7 Å². The molecule has 0 aliphatic rings. The van der Waals surface area contributed by atoms with Crippen LogP contribution < -0.4 is 11.1 Å². The van der Waals surface area contributed by atoms with Crippen molar-refractivity contribution in [2.75, 3.05) is 11.1 Å². The Hall–Kier alpha value is -1.88. The Balaban J connectivity index is 2.30. The molecule has 0 atom stereocenters. The van der Waals surface area contributed by atoms with E-state index in [9.17, 15) is 4.79 Å². The number of pyridine rings is 1. The van der Waals surface area contributed by atoms with Crippen molar-refractivity contribution in [3.63, 3.8) is 0 Å². The number of benzene rings is 1. The van der Waals surface area contributed by atoms with E-state index in [4.69, 9.17) is 5.73 Å². The molecule has 0 fully saturated rings. The van der Waals surface area contributed by atoms with Gasteiger partial charge in [0.2, 0.25) is 0 Å². The van der Waals surface area contributed by atoms with Crippen LogP contribution in [0.5, 0.6) is 0 Å². The zero-order valence-corrected chi connectivity index (χ0v) is 13.9. The fourth-order valence-corrected chi connectivity index (χ4v) is 2.28. The second-order valence-corrected chi connectivity index (χ2v) is 6.15. The van der Waals surface area contributed by atoms with Gasteiger partial charge >= 0.3 is 0 Å². The van der Waals surface area contributed by atoms with E-state index in [2.05, 4.69) is 26.2 Å². The van der Waals surface area contributed by atoms with Gasteiger partial charge in [-0.1, -0.05) is 19.9 Å². The van der Waals surface area contributed by atoms with E-state index in [0.717, 1.165) is 21.4 Å². The third-order valence-electron chi connectivity index (χ3n) is 3.09. The molecule has 0 radical (unpaired) electrons. The number of hydrogen-bond acceptors (Lipinski definition) is 3. The molecule has 0 aliphatic heterocycles. The number of nitrogens with zero attached hydrogens (tertiary/aromatic N) is 1. The molecule has 1 aromatic heterocycles. The van der Waals surface area contributed by atoms with Gasteiger partial charge in [0.1, 0.15) is 5.82 Å². The van der Waals surface area contributed by atoms with E-state index >= 15 is 0 Å². The van der Waals surface area contributed by atoms with Crippen molar-refractivity contribution < 1.29 is 4.79 Å². The summed E-state index contributed by atoms with van der Waals surface area (Å²) in [4.78, 5) is 16.6. The number of aromatic nitrogens is 1. The summed E-state index contributed by atoms with van der Waals surface area (Å²) in [5, 5.41) is 2.89. The highest BCUT2D eigenvalue weighted by Gasteiger charge is 2.12. The molecular formula is C16H18BrN3O. The Bertz CT molecular complexity index is 683. The number of anilines is 2. The van der Waals surface area contributed by atoms with Crippen LogP contribution >= 0.6 is 15.9 Å². The fraction of sp³-hybridized carbons (Fsp3) is 0.250. The molecule has 1 aromatic carbocycles. The number of amides is 1. The number of aryl methyl sites for hydroxylation is 1. The van der Waals surface area contributed by atoms with Crippen molar-refractivity contribution in [2.45, 2.75) is 26.7 Å². The van der Waals surface area contributed by atoms with Crippen molar-refractivity contribution in [3.8, 4) is 0 Å². The first kappa shape index (κ1) is 15.5. The van der Waals surface area contributed by atoms with Gasteiger partial charge in [0.05, 0.1) is 5.69 Å². The third kappa shape index (κ3) is 3.82. The molecule has 1 heterocycles. The molecule has 4 nitrogen and oxygen atoms in total. The summed E-state index contributed by atoms with van der Waals surface area (Å²) in [5.74, 6) is 0.373. The minimum Gasteiger partial charge on any atom is -0.384 e. The molecule has 1 amide bonds. The van der Waals surface area contributed by atoms with Crippen molar-refractivity contribution in [2.24, 2.45) is 0 Å². The predicted molar refractivity (Wildman–Crippen MR) is 89.6 cm³/mol. The molecule has 0 unspecified atom stereocenters. The summed E-state index contributed by atoms with van der Waals surface area (Å²) in [6.45, 7) is 6.00. The van der Waals surface area contributed by atoms with Crippen LogP contribution in [-0.2, 0) is 0 Å². The lowest BCUT2D eigenvalue weighted by Crippen LogP contribution is -2.14. The average Bonchev–Trinajstić information content (AvgIpc) is 2.42. The molecular weight excluding hydrogens is 330 g/mol. The third-order valence-corrected chi connectivity index (χ3v) is 3.78. The first-order valence-electron chi connectivity index (χ1n) is 6.72. The summed E-state index contributed by atoms with van der Waals surface area (Å²) in [6, 6.07) is 9.16. The molecule has 110 valence electrons. The van der Waals surface area contributed by atoms with E-state index in [0.29, 0.717) is 11.4 Å². The summed E-state index contributed by atoms with van der Waals surface area (Å²) < 4.78 is 0.840. The molecule has 5 heteroatoms. The lowest BCUT2D eigenvalue weighted by atomic mass is 10.1. The molecule has 2 rings (SSSR count). The highest BCUT2D eigenvalue weighted by atomic mass is 79.9. The van der Waals surface area contributed by atoms with Gasteiger partial charge in [-0.05, 0) is 58.6 Å². The molecule has 0 aliphatic carbocycles. The zero-order valence-electron chi connectivity index (χ0n) is 12.3. The molecule has 3 N–H and O–H groups in total. The van der Waals surface area contributed by atoms with Gasteiger partial charge in [-0.2, -0.15) is 0 Å². The zero-order chi connectivity index (χ0) is 15.6. The number of carbonyl (C=O) groups excluding carboxylic acids is 1. The number of rotatable bonds is 3. The summed E-state index contributed by atoms with van der Waals surface area (Å²) in [7, 11) is 0. The molecule has 0 saturated heterocycles. The van der Waals surface area contributed by atoms with E-state index < -0.39 is 0 Å². The maximum Gasteiger partial charge on any atom is 0.255 e. The Labute approximate surface area is 132 Å². The Morgan fingerprint density at radius 2 is 2.00 bits per heavy atom. The number of nitrogen functional groups attached to an aromatic ring is 1. The quantitative estimate of drug-likeness (QED) is 0.877. The van der Waals surface area contributed by atoms with Gasteiger partial charge in [-0.15, -0.1) is 0 Å². The first-order chi connectivity index (χ1) is 9.86. The van der Waals surface area contributed by atoms with Gasteiger partial charge < -0.3 is 11.1 Å².